The van der Waals surface area contributed by atoms with Crippen LogP contribution in [0.4, 0.5) is 11.4 Å². The Kier molecular flexibility index (Phi) is 28.3. The first-order valence-corrected chi connectivity index (χ1v) is 24.0. The van der Waals surface area contributed by atoms with E-state index in [-0.39, 0.29) is 36.5 Å². The summed E-state index contributed by atoms with van der Waals surface area (Å²) < 4.78 is 28.1. The molecule has 12 heteroatoms. The van der Waals surface area contributed by atoms with Gasteiger partial charge in [-0.05, 0) is 86.8 Å². The Balaban J connectivity index is 1.44. The van der Waals surface area contributed by atoms with Crippen LogP contribution in [0.2, 0.25) is 0 Å². The number of anilines is 2. The number of nitrogens with one attached hydrogen (secondary N) is 2. The predicted octanol–water partition coefficient (Wildman–Crippen LogP) is 9.31. The van der Waals surface area contributed by atoms with E-state index in [1.807, 2.05) is 29.3 Å². The van der Waals surface area contributed by atoms with Crippen LogP contribution in [0.5, 0.6) is 0 Å². The fourth-order valence-electron chi connectivity index (χ4n) is 7.94. The first-order valence-electron chi connectivity index (χ1n) is 24.0. The van der Waals surface area contributed by atoms with Gasteiger partial charge in [0.05, 0.1) is 70.7 Å². The molecule has 0 aromatic heterocycles. The molecule has 0 saturated carbocycles. The van der Waals surface area contributed by atoms with Gasteiger partial charge < -0.3 is 44.5 Å². The van der Waals surface area contributed by atoms with Crippen LogP contribution in [0, 0.1) is 0 Å². The lowest BCUT2D eigenvalue weighted by molar-refractivity contribution is -0.0121. The maximum absolute atomic E-state index is 13.4. The number of hydrogen-bond donors (Lipinski definition) is 4. The zero-order valence-electron chi connectivity index (χ0n) is 39.3. The quantitative estimate of drug-likeness (QED) is 0.0480. The van der Waals surface area contributed by atoms with Crippen molar-refractivity contribution in [3.05, 3.63) is 58.7 Å². The molecular weight excluding hydrogens is 787 g/mol. The van der Waals surface area contributed by atoms with Crippen molar-refractivity contribution in [1.29, 1.82) is 0 Å². The van der Waals surface area contributed by atoms with E-state index in [0.717, 1.165) is 66.8 Å². The van der Waals surface area contributed by atoms with Gasteiger partial charge in [0.1, 0.15) is 0 Å². The Morgan fingerprint density at radius 3 is 1.90 bits per heavy atom. The fourth-order valence-corrected chi connectivity index (χ4v) is 7.94. The zero-order valence-corrected chi connectivity index (χ0v) is 39.3. The summed E-state index contributed by atoms with van der Waals surface area (Å²) >= 11 is 0. The number of aliphatic hydroxyl groups is 2. The molecule has 0 saturated heterocycles. The number of amides is 1. The summed E-state index contributed by atoms with van der Waals surface area (Å²) in [4.78, 5) is 19.8. The van der Waals surface area contributed by atoms with Crippen LogP contribution in [0.1, 0.15) is 163 Å². The number of aliphatic hydroxyl groups excluding tert-OH is 2. The minimum Gasteiger partial charge on any atom is -0.396 e. The summed E-state index contributed by atoms with van der Waals surface area (Å²) in [5.41, 5.74) is 5.37. The van der Waals surface area contributed by atoms with Crippen LogP contribution >= 0.6 is 0 Å². The van der Waals surface area contributed by atoms with E-state index in [9.17, 15) is 9.90 Å². The van der Waals surface area contributed by atoms with Crippen molar-refractivity contribution in [2.45, 2.75) is 148 Å². The van der Waals surface area contributed by atoms with Crippen molar-refractivity contribution in [2.75, 3.05) is 103 Å². The minimum absolute atomic E-state index is 0.0307. The monoisotopic (exact) mass is 872 g/mol. The van der Waals surface area contributed by atoms with E-state index < -0.39 is 0 Å². The molecule has 1 aliphatic rings. The molecule has 354 valence electrons. The molecule has 1 unspecified atom stereocenters. The Labute approximate surface area is 375 Å². The third kappa shape index (κ3) is 20.8. The van der Waals surface area contributed by atoms with Gasteiger partial charge in [-0.2, -0.15) is 0 Å². The average molecular weight is 872 g/mol. The number of hydrogen-bond acceptors (Lipinski definition) is 11. The van der Waals surface area contributed by atoms with Gasteiger partial charge in [-0.15, -0.1) is 0 Å². The molecule has 12 nitrogen and oxygen atoms in total. The number of rotatable bonds is 38. The third-order valence-corrected chi connectivity index (χ3v) is 11.4. The normalized spacial score (nSPS) is 14.7. The summed E-state index contributed by atoms with van der Waals surface area (Å²) in [5, 5.41) is 28.1. The van der Waals surface area contributed by atoms with Crippen molar-refractivity contribution in [1.82, 2.24) is 5.32 Å². The molecule has 1 heterocycles. The summed E-state index contributed by atoms with van der Waals surface area (Å²) in [5.74, 6) is 0.0829. The van der Waals surface area contributed by atoms with E-state index in [0.29, 0.717) is 84.7 Å². The highest BCUT2D eigenvalue weighted by Crippen LogP contribution is 2.46. The molecule has 1 atom stereocenters. The third-order valence-electron chi connectivity index (χ3n) is 11.4. The lowest BCUT2D eigenvalue weighted by atomic mass is 9.79. The number of benzene rings is 2. The van der Waals surface area contributed by atoms with E-state index in [4.69, 9.17) is 33.6 Å². The molecule has 4 N–H and O–H groups in total. The van der Waals surface area contributed by atoms with Gasteiger partial charge >= 0.3 is 0 Å². The number of ether oxygens (including phenoxy) is 5. The molecule has 1 aliphatic heterocycles. The van der Waals surface area contributed by atoms with Crippen LogP contribution in [0.3, 0.4) is 0 Å². The molecule has 1 amide bonds. The SMILES string of the molecule is CCCCCCCCCCCCOCCCNC(=O)c1ccccc1CNc1cc2c(cc1C(C)C)N(OCCOCCOCCCCOCCOCCO)C(C)(C)CC2CO. The molecule has 0 fully saturated rings. The number of fused-ring (bicyclic) bond motifs is 1. The topological polar surface area (TPSA) is 140 Å². The number of hydroxylamine groups is 1. The molecule has 2 aromatic rings. The molecule has 0 aliphatic carbocycles. The maximum Gasteiger partial charge on any atom is 0.251 e. The van der Waals surface area contributed by atoms with E-state index >= 15 is 0 Å². The highest BCUT2D eigenvalue weighted by molar-refractivity contribution is 5.95. The highest BCUT2D eigenvalue weighted by atomic mass is 16.7. The fraction of sp³-hybridized carbons (Fsp3) is 0.740. The highest BCUT2D eigenvalue weighted by Gasteiger charge is 2.40. The van der Waals surface area contributed by atoms with Crippen LogP contribution < -0.4 is 15.7 Å². The largest absolute Gasteiger partial charge is 0.396 e. The van der Waals surface area contributed by atoms with Crippen LogP contribution in [-0.4, -0.2) is 114 Å². The smallest absolute Gasteiger partial charge is 0.251 e. The van der Waals surface area contributed by atoms with Gasteiger partial charge in [0.2, 0.25) is 0 Å². The van der Waals surface area contributed by atoms with Crippen LogP contribution in [0.25, 0.3) is 0 Å². The van der Waals surface area contributed by atoms with Gasteiger partial charge in [-0.1, -0.05) is 96.8 Å². The minimum atomic E-state index is -0.353. The first kappa shape index (κ1) is 53.5. The van der Waals surface area contributed by atoms with Gasteiger partial charge in [0, 0.05) is 56.7 Å². The summed E-state index contributed by atoms with van der Waals surface area (Å²) in [6, 6.07) is 12.2. The van der Waals surface area contributed by atoms with Gasteiger partial charge in [0.15, 0.2) is 0 Å². The van der Waals surface area contributed by atoms with Crippen LogP contribution in [-0.2, 0) is 35.1 Å². The molecule has 0 spiro atoms. The Morgan fingerprint density at radius 1 is 0.726 bits per heavy atom. The molecule has 62 heavy (non-hydrogen) atoms. The lowest BCUT2D eigenvalue weighted by Gasteiger charge is -2.46. The molecular formula is C50H85N3O9. The number of unbranched alkanes of at least 4 members (excludes halogenated alkanes) is 10. The van der Waals surface area contributed by atoms with Crippen molar-refractivity contribution in [3.8, 4) is 0 Å². The maximum atomic E-state index is 13.4. The molecule has 3 rings (SSSR count). The van der Waals surface area contributed by atoms with Crippen LogP contribution in [0.15, 0.2) is 36.4 Å². The number of carbonyl (C=O) groups is 1. The Morgan fingerprint density at radius 2 is 1.27 bits per heavy atom. The average Bonchev–Trinajstić information content (AvgIpc) is 3.26. The van der Waals surface area contributed by atoms with Gasteiger partial charge in [-0.25, -0.2) is 5.06 Å². The Hall–Kier alpha value is -2.81. The van der Waals surface area contributed by atoms with Crippen molar-refractivity contribution < 1.29 is 43.5 Å². The second-order valence-corrected chi connectivity index (χ2v) is 17.5. The first-order chi connectivity index (χ1) is 30.2. The second kappa shape index (κ2) is 32.8. The molecule has 0 bridgehead atoms. The zero-order chi connectivity index (χ0) is 44.7. The van der Waals surface area contributed by atoms with Gasteiger partial charge in [-0.3, -0.25) is 9.63 Å². The summed E-state index contributed by atoms with van der Waals surface area (Å²) in [6.45, 7) is 18.0. The summed E-state index contributed by atoms with van der Waals surface area (Å²) in [7, 11) is 0. The summed E-state index contributed by atoms with van der Waals surface area (Å²) in [6.07, 6.45) is 16.5. The standard InChI is InChI=1S/C50H85N3O9/c1-6-7-8-9-10-11-12-13-14-17-25-57-28-20-23-51-49(56)44-22-16-15-21-42(44)39-52-47-36-46-43(40-55)38-50(4,5)53(48(46)37-45(47)41(2)3)62-35-34-61-33-31-59-27-19-18-26-58-30-32-60-29-24-54/h15-16,21-22,36-37,41,43,52,54-55H,6-14,17-20,23-35,38-40H2,1-5H3,(H,51,56). The number of nitrogens with zero attached hydrogens (tertiary/aromatic N) is 1. The molecule has 0 radical (unpaired) electrons. The van der Waals surface area contributed by atoms with Crippen molar-refractivity contribution in [3.63, 3.8) is 0 Å². The van der Waals surface area contributed by atoms with Crippen molar-refractivity contribution >= 4 is 17.3 Å². The van der Waals surface area contributed by atoms with E-state index in [1.54, 1.807) is 0 Å². The Bertz CT molecular complexity index is 1460. The lowest BCUT2D eigenvalue weighted by Crippen LogP contribution is -2.49. The van der Waals surface area contributed by atoms with Crippen molar-refractivity contribution in [2.24, 2.45) is 0 Å². The van der Waals surface area contributed by atoms with Gasteiger partial charge in [0.25, 0.3) is 5.91 Å². The second-order valence-electron chi connectivity index (χ2n) is 17.5. The number of carbonyl (C=O) groups excluding carboxylic acids is 1. The predicted molar refractivity (Wildman–Crippen MR) is 250 cm³/mol. The van der Waals surface area contributed by atoms with E-state index in [1.165, 1.54) is 57.8 Å². The van der Waals surface area contributed by atoms with E-state index in [2.05, 4.69) is 57.4 Å². The molecule has 2 aromatic carbocycles.